The molecule has 18 heavy (non-hydrogen) atoms. The Kier molecular flexibility index (Phi) is 3.99. The van der Waals surface area contributed by atoms with Gasteiger partial charge in [-0.2, -0.15) is 4.98 Å². The van der Waals surface area contributed by atoms with Crippen molar-refractivity contribution in [2.75, 3.05) is 0 Å². The third-order valence-electron chi connectivity index (χ3n) is 2.45. The molecule has 1 aromatic heterocycles. The Morgan fingerprint density at radius 1 is 1.28 bits per heavy atom. The van der Waals surface area contributed by atoms with Gasteiger partial charge in [0.25, 0.3) is 0 Å². The van der Waals surface area contributed by atoms with Crippen molar-refractivity contribution in [1.82, 2.24) is 10.3 Å². The smallest absolute Gasteiger partial charge is 0.399 e. The molecule has 1 aromatic carbocycles. The molecule has 0 atom stereocenters. The third-order valence-corrected chi connectivity index (χ3v) is 2.45. The van der Waals surface area contributed by atoms with Gasteiger partial charge in [0.05, 0.1) is 5.69 Å². The van der Waals surface area contributed by atoms with E-state index in [4.69, 9.17) is 9.15 Å². The van der Waals surface area contributed by atoms with Crippen LogP contribution in [-0.4, -0.2) is 11.0 Å². The molecule has 96 valence electrons. The highest BCUT2D eigenvalue weighted by Gasteiger charge is 2.06. The Hall–Kier alpha value is -1.81. The van der Waals surface area contributed by atoms with E-state index in [0.717, 1.165) is 11.4 Å². The van der Waals surface area contributed by atoms with E-state index >= 15 is 0 Å². The van der Waals surface area contributed by atoms with Gasteiger partial charge in [0.15, 0.2) is 0 Å². The zero-order valence-corrected chi connectivity index (χ0v) is 10.9. The largest absolute Gasteiger partial charge is 0.417 e. The van der Waals surface area contributed by atoms with Gasteiger partial charge in [-0.05, 0) is 19.1 Å². The average molecular weight is 246 g/mol. The lowest BCUT2D eigenvalue weighted by Crippen LogP contribution is -2.21. The summed E-state index contributed by atoms with van der Waals surface area (Å²) in [7, 11) is 0. The average Bonchev–Trinajstić information content (AvgIpc) is 2.77. The summed E-state index contributed by atoms with van der Waals surface area (Å²) in [6.45, 7) is 6.89. The van der Waals surface area contributed by atoms with E-state index in [0.29, 0.717) is 12.6 Å². The molecule has 0 saturated carbocycles. The molecule has 1 N–H and O–H groups in total. The van der Waals surface area contributed by atoms with Crippen LogP contribution < -0.4 is 10.1 Å². The number of aryl methyl sites for hydroxylation is 1. The molecule has 4 nitrogen and oxygen atoms in total. The molecule has 1 heterocycles. The van der Waals surface area contributed by atoms with Gasteiger partial charge in [-0.15, -0.1) is 0 Å². The van der Waals surface area contributed by atoms with E-state index in [1.54, 1.807) is 6.26 Å². The lowest BCUT2D eigenvalue weighted by Gasteiger charge is -2.04. The number of hydrogen-bond donors (Lipinski definition) is 1. The number of ether oxygens (including phenoxy) is 1. The summed E-state index contributed by atoms with van der Waals surface area (Å²) in [6.07, 6.45) is 1.89. The predicted molar refractivity (Wildman–Crippen MR) is 69.7 cm³/mol. The highest BCUT2D eigenvalue weighted by Crippen LogP contribution is 2.20. The maximum absolute atomic E-state index is 5.52. The van der Waals surface area contributed by atoms with Crippen molar-refractivity contribution >= 4 is 0 Å². The predicted octanol–water partition coefficient (Wildman–Crippen LogP) is 3.27. The summed E-state index contributed by atoms with van der Waals surface area (Å²) >= 11 is 0. The number of rotatable bonds is 5. The Balaban J connectivity index is 1.95. The summed E-state index contributed by atoms with van der Waals surface area (Å²) in [4.78, 5) is 4.25. The SMILES string of the molecule is Cc1ccc(Oc2nc(CNC(C)C)co2)cc1. The van der Waals surface area contributed by atoms with E-state index in [9.17, 15) is 0 Å². The first-order chi connectivity index (χ1) is 8.63. The molecule has 2 aromatic rings. The van der Waals surface area contributed by atoms with Crippen LogP contribution in [0, 0.1) is 6.92 Å². The van der Waals surface area contributed by atoms with Crippen LogP contribution in [0.25, 0.3) is 0 Å². The van der Waals surface area contributed by atoms with Crippen molar-refractivity contribution in [2.24, 2.45) is 0 Å². The number of nitrogens with one attached hydrogen (secondary N) is 1. The topological polar surface area (TPSA) is 47.3 Å². The molecule has 0 radical (unpaired) electrons. The van der Waals surface area contributed by atoms with E-state index in [1.165, 1.54) is 5.56 Å². The van der Waals surface area contributed by atoms with Crippen molar-refractivity contribution < 1.29 is 9.15 Å². The Bertz CT molecular complexity index is 489. The molecule has 2 rings (SSSR count). The maximum Gasteiger partial charge on any atom is 0.399 e. The lowest BCUT2D eigenvalue weighted by atomic mass is 10.2. The van der Waals surface area contributed by atoms with Crippen LogP contribution in [0.5, 0.6) is 11.8 Å². The van der Waals surface area contributed by atoms with Crippen molar-refractivity contribution in [2.45, 2.75) is 33.4 Å². The fourth-order valence-electron chi connectivity index (χ4n) is 1.43. The van der Waals surface area contributed by atoms with Crippen molar-refractivity contribution in [3.8, 4) is 11.8 Å². The van der Waals surface area contributed by atoms with Crippen LogP contribution in [-0.2, 0) is 6.54 Å². The standard InChI is InChI=1S/C14H18N2O2/c1-10(2)15-8-12-9-17-14(16-12)18-13-6-4-11(3)5-7-13/h4-7,9-10,15H,8H2,1-3H3. The van der Waals surface area contributed by atoms with Crippen LogP contribution in [0.15, 0.2) is 34.9 Å². The fourth-order valence-corrected chi connectivity index (χ4v) is 1.43. The molecule has 0 aliphatic heterocycles. The molecule has 0 amide bonds. The minimum absolute atomic E-state index is 0.277. The molecule has 0 saturated heterocycles. The highest BCUT2D eigenvalue weighted by molar-refractivity contribution is 5.28. The lowest BCUT2D eigenvalue weighted by molar-refractivity contribution is 0.330. The van der Waals surface area contributed by atoms with E-state index in [1.807, 2.05) is 31.2 Å². The van der Waals surface area contributed by atoms with E-state index < -0.39 is 0 Å². The van der Waals surface area contributed by atoms with Crippen molar-refractivity contribution in [3.63, 3.8) is 0 Å². The summed E-state index contributed by atoms with van der Waals surface area (Å²) in [5.74, 6) is 0.728. The van der Waals surface area contributed by atoms with Gasteiger partial charge in [0.1, 0.15) is 12.0 Å². The molecule has 0 fully saturated rings. The second kappa shape index (κ2) is 5.69. The molecular weight excluding hydrogens is 228 g/mol. The molecule has 0 aliphatic carbocycles. The summed E-state index contributed by atoms with van der Waals surface area (Å²) in [5.41, 5.74) is 2.03. The highest BCUT2D eigenvalue weighted by atomic mass is 16.6. The summed E-state index contributed by atoms with van der Waals surface area (Å²) in [6, 6.07) is 8.18. The van der Waals surface area contributed by atoms with Crippen molar-refractivity contribution in [1.29, 1.82) is 0 Å². The third kappa shape index (κ3) is 3.60. The number of aromatic nitrogens is 1. The molecule has 0 aliphatic rings. The molecule has 0 bridgehead atoms. The van der Waals surface area contributed by atoms with Crippen LogP contribution in [0.1, 0.15) is 25.1 Å². The van der Waals surface area contributed by atoms with Crippen LogP contribution in [0.2, 0.25) is 0 Å². The first kappa shape index (κ1) is 12.6. The zero-order valence-electron chi connectivity index (χ0n) is 10.9. The van der Waals surface area contributed by atoms with Crippen LogP contribution in [0.4, 0.5) is 0 Å². The number of benzene rings is 1. The molecule has 0 unspecified atom stereocenters. The minimum atomic E-state index is 0.277. The zero-order chi connectivity index (χ0) is 13.0. The number of nitrogens with zero attached hydrogens (tertiary/aromatic N) is 1. The minimum Gasteiger partial charge on any atom is -0.417 e. The van der Waals surface area contributed by atoms with Gasteiger partial charge in [-0.3, -0.25) is 0 Å². The van der Waals surface area contributed by atoms with Crippen LogP contribution in [0.3, 0.4) is 0 Å². The fraction of sp³-hybridized carbons (Fsp3) is 0.357. The molecule has 0 spiro atoms. The second-order valence-corrected chi connectivity index (χ2v) is 4.56. The maximum atomic E-state index is 5.52. The van der Waals surface area contributed by atoms with E-state index in [2.05, 4.69) is 24.1 Å². The van der Waals surface area contributed by atoms with Gasteiger partial charge in [0, 0.05) is 12.6 Å². The van der Waals surface area contributed by atoms with Crippen molar-refractivity contribution in [3.05, 3.63) is 41.8 Å². The molecule has 4 heteroatoms. The monoisotopic (exact) mass is 246 g/mol. The first-order valence-corrected chi connectivity index (χ1v) is 6.06. The van der Waals surface area contributed by atoms with Gasteiger partial charge in [0.2, 0.25) is 0 Å². The van der Waals surface area contributed by atoms with Crippen LogP contribution >= 0.6 is 0 Å². The summed E-state index contributed by atoms with van der Waals surface area (Å²) < 4.78 is 10.8. The Morgan fingerprint density at radius 3 is 2.67 bits per heavy atom. The second-order valence-electron chi connectivity index (χ2n) is 4.56. The number of hydrogen-bond acceptors (Lipinski definition) is 4. The van der Waals surface area contributed by atoms with E-state index in [-0.39, 0.29) is 6.08 Å². The number of oxazole rings is 1. The first-order valence-electron chi connectivity index (χ1n) is 6.06. The Morgan fingerprint density at radius 2 is 2.00 bits per heavy atom. The summed E-state index contributed by atoms with van der Waals surface area (Å²) in [5, 5.41) is 3.27. The van der Waals surface area contributed by atoms with Gasteiger partial charge < -0.3 is 14.5 Å². The van der Waals surface area contributed by atoms with Gasteiger partial charge >= 0.3 is 6.08 Å². The van der Waals surface area contributed by atoms with Gasteiger partial charge in [-0.1, -0.05) is 31.5 Å². The quantitative estimate of drug-likeness (QED) is 0.879. The van der Waals surface area contributed by atoms with Gasteiger partial charge in [-0.25, -0.2) is 0 Å². The Labute approximate surface area is 107 Å². The molecular formula is C14H18N2O2. The normalized spacial score (nSPS) is 10.9.